The molecule has 0 saturated carbocycles. The number of hydrogen-bond donors (Lipinski definition) is 3. The van der Waals surface area contributed by atoms with E-state index in [0.29, 0.717) is 18.3 Å². The van der Waals surface area contributed by atoms with Crippen molar-refractivity contribution < 1.29 is 14.6 Å². The number of hydrogen-bond acceptors (Lipinski definition) is 4. The number of piperidine rings is 1. The molecule has 1 aromatic carbocycles. The number of aryl methyl sites for hydroxylation is 1. The molecule has 1 amide bonds. The van der Waals surface area contributed by atoms with Crippen LogP contribution in [0.2, 0.25) is 0 Å². The number of amides is 1. The van der Waals surface area contributed by atoms with Gasteiger partial charge in [0, 0.05) is 13.0 Å². The molecule has 0 aromatic heterocycles. The fourth-order valence-electron chi connectivity index (χ4n) is 3.08. The van der Waals surface area contributed by atoms with Gasteiger partial charge in [-0.3, -0.25) is 4.79 Å². The molecule has 1 aliphatic heterocycles. The molecule has 1 fully saturated rings. The average Bonchev–Trinajstić information content (AvgIpc) is 2.59. The van der Waals surface area contributed by atoms with Crippen LogP contribution in [0.1, 0.15) is 31.7 Å². The van der Waals surface area contributed by atoms with Crippen molar-refractivity contribution in [2.45, 2.75) is 39.2 Å². The molecule has 3 unspecified atom stereocenters. The molecule has 0 spiro atoms. The van der Waals surface area contributed by atoms with Crippen LogP contribution in [0.25, 0.3) is 0 Å². The number of ether oxygens (including phenoxy) is 1. The molecule has 0 radical (unpaired) electrons. The lowest BCUT2D eigenvalue weighted by molar-refractivity contribution is -0.122. The highest BCUT2D eigenvalue weighted by atomic mass is 35.5. The number of aliphatic hydroxyl groups excluding tert-OH is 1. The maximum atomic E-state index is 12.0. The lowest BCUT2D eigenvalue weighted by Gasteiger charge is -2.28. The van der Waals surface area contributed by atoms with Crippen LogP contribution in [0.15, 0.2) is 24.3 Å². The molecule has 1 aromatic rings. The predicted molar refractivity (Wildman–Crippen MR) is 102 cm³/mol. The minimum absolute atomic E-state index is 0. The van der Waals surface area contributed by atoms with Crippen LogP contribution in [0, 0.1) is 18.8 Å². The lowest BCUT2D eigenvalue weighted by atomic mass is 9.85. The lowest BCUT2D eigenvalue weighted by Crippen LogP contribution is -2.38. The normalized spacial score (nSPS) is 19.4. The molecule has 3 N–H and O–H groups in total. The van der Waals surface area contributed by atoms with Gasteiger partial charge in [0.2, 0.25) is 5.91 Å². The van der Waals surface area contributed by atoms with E-state index in [1.54, 1.807) is 0 Å². The van der Waals surface area contributed by atoms with Crippen molar-refractivity contribution >= 4 is 18.3 Å². The van der Waals surface area contributed by atoms with Crippen molar-refractivity contribution in [3.8, 4) is 5.75 Å². The molecule has 1 saturated heterocycles. The highest BCUT2D eigenvalue weighted by Crippen LogP contribution is 2.22. The summed E-state index contributed by atoms with van der Waals surface area (Å²) in [6, 6.07) is 7.69. The number of rotatable bonds is 8. The first-order valence-corrected chi connectivity index (χ1v) is 8.89. The van der Waals surface area contributed by atoms with Crippen LogP contribution in [-0.2, 0) is 4.79 Å². The maximum absolute atomic E-state index is 12.0. The number of halogens is 1. The molecular weight excluding hydrogens is 340 g/mol. The second-order valence-electron chi connectivity index (χ2n) is 6.87. The number of carbonyl (C=O) groups is 1. The molecule has 25 heavy (non-hydrogen) atoms. The Morgan fingerprint density at radius 3 is 2.96 bits per heavy atom. The van der Waals surface area contributed by atoms with Crippen molar-refractivity contribution in [1.82, 2.24) is 10.6 Å². The van der Waals surface area contributed by atoms with Crippen molar-refractivity contribution in [2.75, 3.05) is 26.2 Å². The summed E-state index contributed by atoms with van der Waals surface area (Å²) in [6.45, 7) is 6.61. The summed E-state index contributed by atoms with van der Waals surface area (Å²) >= 11 is 0. The Labute approximate surface area is 156 Å². The van der Waals surface area contributed by atoms with Crippen molar-refractivity contribution in [1.29, 1.82) is 0 Å². The summed E-state index contributed by atoms with van der Waals surface area (Å²) in [7, 11) is 0. The first-order chi connectivity index (χ1) is 11.5. The van der Waals surface area contributed by atoms with Gasteiger partial charge >= 0.3 is 0 Å². The minimum Gasteiger partial charge on any atom is -0.491 e. The number of nitrogens with one attached hydrogen (secondary N) is 2. The third kappa shape index (κ3) is 8.08. The Hall–Kier alpha value is -1.30. The molecule has 0 aliphatic carbocycles. The summed E-state index contributed by atoms with van der Waals surface area (Å²) in [5.74, 6) is 1.67. The monoisotopic (exact) mass is 370 g/mol. The molecule has 2 rings (SSSR count). The summed E-state index contributed by atoms with van der Waals surface area (Å²) in [4.78, 5) is 12.0. The van der Waals surface area contributed by atoms with E-state index in [-0.39, 0.29) is 31.5 Å². The molecule has 1 heterocycles. The van der Waals surface area contributed by atoms with Gasteiger partial charge in [-0.25, -0.2) is 0 Å². The Morgan fingerprint density at radius 1 is 1.48 bits per heavy atom. The standard InChI is InChI=1S/C19H30N2O3.ClH/c1-14-5-3-7-18(9-14)24-13-17(22)12-21-19(23)10-15(2)16-6-4-8-20-11-16;/h3,5,7,9,15-17,20,22H,4,6,8,10-13H2,1-2H3,(H,21,23);1H. The molecule has 3 atom stereocenters. The van der Waals surface area contributed by atoms with E-state index in [2.05, 4.69) is 17.6 Å². The Bertz CT molecular complexity index is 521. The van der Waals surface area contributed by atoms with Crippen LogP contribution in [-0.4, -0.2) is 43.4 Å². The molecule has 5 nitrogen and oxygen atoms in total. The largest absolute Gasteiger partial charge is 0.491 e. The van der Waals surface area contributed by atoms with Crippen LogP contribution < -0.4 is 15.4 Å². The van der Waals surface area contributed by atoms with Gasteiger partial charge in [-0.2, -0.15) is 0 Å². The summed E-state index contributed by atoms with van der Waals surface area (Å²) in [6.07, 6.45) is 2.18. The number of benzene rings is 1. The van der Waals surface area contributed by atoms with Crippen LogP contribution >= 0.6 is 12.4 Å². The fourth-order valence-corrected chi connectivity index (χ4v) is 3.08. The maximum Gasteiger partial charge on any atom is 0.220 e. The van der Waals surface area contributed by atoms with E-state index < -0.39 is 6.10 Å². The van der Waals surface area contributed by atoms with Gasteiger partial charge < -0.3 is 20.5 Å². The Morgan fingerprint density at radius 2 is 2.28 bits per heavy atom. The second-order valence-corrected chi connectivity index (χ2v) is 6.87. The molecular formula is C19H31ClN2O3. The highest BCUT2D eigenvalue weighted by molar-refractivity contribution is 5.85. The fraction of sp³-hybridized carbons (Fsp3) is 0.632. The van der Waals surface area contributed by atoms with Gasteiger partial charge in [-0.15, -0.1) is 12.4 Å². The van der Waals surface area contributed by atoms with E-state index in [1.807, 2.05) is 31.2 Å². The zero-order valence-electron chi connectivity index (χ0n) is 15.2. The third-order valence-corrected chi connectivity index (χ3v) is 4.61. The molecule has 6 heteroatoms. The second kappa shape index (κ2) is 11.3. The van der Waals surface area contributed by atoms with E-state index >= 15 is 0 Å². The van der Waals surface area contributed by atoms with Crippen LogP contribution in [0.3, 0.4) is 0 Å². The van der Waals surface area contributed by atoms with Gasteiger partial charge in [0.05, 0.1) is 0 Å². The zero-order chi connectivity index (χ0) is 17.4. The first kappa shape index (κ1) is 21.7. The first-order valence-electron chi connectivity index (χ1n) is 8.89. The van der Waals surface area contributed by atoms with E-state index in [4.69, 9.17) is 4.74 Å². The van der Waals surface area contributed by atoms with E-state index in [0.717, 1.165) is 24.4 Å². The topological polar surface area (TPSA) is 70.6 Å². The van der Waals surface area contributed by atoms with Gasteiger partial charge in [-0.05, 0) is 62.4 Å². The van der Waals surface area contributed by atoms with E-state index in [1.165, 1.54) is 12.8 Å². The van der Waals surface area contributed by atoms with Crippen LogP contribution in [0.5, 0.6) is 5.75 Å². The van der Waals surface area contributed by atoms with Crippen molar-refractivity contribution in [3.05, 3.63) is 29.8 Å². The molecule has 0 bridgehead atoms. The highest BCUT2D eigenvalue weighted by Gasteiger charge is 2.22. The van der Waals surface area contributed by atoms with Crippen molar-refractivity contribution in [3.63, 3.8) is 0 Å². The van der Waals surface area contributed by atoms with Gasteiger partial charge in [-0.1, -0.05) is 19.1 Å². The van der Waals surface area contributed by atoms with Crippen molar-refractivity contribution in [2.24, 2.45) is 11.8 Å². The summed E-state index contributed by atoms with van der Waals surface area (Å²) in [5, 5.41) is 16.2. The minimum atomic E-state index is -0.707. The van der Waals surface area contributed by atoms with Crippen LogP contribution in [0.4, 0.5) is 0 Å². The van der Waals surface area contributed by atoms with Gasteiger partial charge in [0.1, 0.15) is 18.5 Å². The predicted octanol–water partition coefficient (Wildman–Crippen LogP) is 2.30. The third-order valence-electron chi connectivity index (χ3n) is 4.61. The van der Waals surface area contributed by atoms with Gasteiger partial charge in [0.15, 0.2) is 0 Å². The summed E-state index contributed by atoms with van der Waals surface area (Å²) < 4.78 is 5.55. The van der Waals surface area contributed by atoms with Gasteiger partial charge in [0.25, 0.3) is 0 Å². The Kier molecular flexibility index (Phi) is 9.86. The summed E-state index contributed by atoms with van der Waals surface area (Å²) in [5.41, 5.74) is 1.11. The quantitative estimate of drug-likeness (QED) is 0.656. The number of carbonyl (C=O) groups excluding carboxylic acids is 1. The zero-order valence-corrected chi connectivity index (χ0v) is 16.0. The Balaban J connectivity index is 0.00000312. The number of aliphatic hydroxyl groups is 1. The smallest absolute Gasteiger partial charge is 0.220 e. The average molecular weight is 371 g/mol. The molecule has 142 valence electrons. The SMILES string of the molecule is Cc1cccc(OCC(O)CNC(=O)CC(C)C2CCCNC2)c1.Cl. The molecule has 1 aliphatic rings. The van der Waals surface area contributed by atoms with E-state index in [9.17, 15) is 9.90 Å².